The first-order valence-electron chi connectivity index (χ1n) is 5.93. The van der Waals surface area contributed by atoms with Gasteiger partial charge in [-0.25, -0.2) is 4.39 Å². The molecule has 1 unspecified atom stereocenters. The topological polar surface area (TPSA) is 25.2 Å². The predicted octanol–water partition coefficient (Wildman–Crippen LogP) is 4.48. The Labute approximate surface area is 111 Å². The Hall–Kier alpha value is -1.06. The fourth-order valence-electron chi connectivity index (χ4n) is 1.69. The fraction of sp³-hybridized carbons (Fsp3) is 0.429. The minimum absolute atomic E-state index is 0.111. The number of halogens is 2. The summed E-state index contributed by atoms with van der Waals surface area (Å²) in [6.07, 6.45) is -1.16. The second-order valence-electron chi connectivity index (χ2n) is 5.43. The van der Waals surface area contributed by atoms with Crippen LogP contribution in [-0.4, -0.2) is 12.1 Å². The third kappa shape index (κ3) is 3.24. The highest BCUT2D eigenvalue weighted by Gasteiger charge is 2.18. The summed E-state index contributed by atoms with van der Waals surface area (Å²) in [5.41, 5.74) is 0.549. The Morgan fingerprint density at radius 1 is 1.33 bits per heavy atom. The largest absolute Gasteiger partial charge is 0.458 e. The zero-order chi connectivity index (χ0) is 13.3. The summed E-state index contributed by atoms with van der Waals surface area (Å²) in [5.74, 6) is 0.337. The van der Waals surface area contributed by atoms with Crippen LogP contribution in [0.2, 0.25) is 5.02 Å². The van der Waals surface area contributed by atoms with E-state index in [9.17, 15) is 4.39 Å². The number of alkyl halides is 1. The standard InChI is InChI=1S/C14H17ClFNO/c1-14(2,3)17-8-11(16)13-7-9-6-10(15)4-5-12(9)18-13/h4-7,11,17H,8H2,1-3H3. The molecule has 4 heteroatoms. The highest BCUT2D eigenvalue weighted by atomic mass is 35.5. The van der Waals surface area contributed by atoms with Crippen LogP contribution in [0, 0.1) is 0 Å². The van der Waals surface area contributed by atoms with E-state index < -0.39 is 6.17 Å². The Morgan fingerprint density at radius 2 is 2.06 bits per heavy atom. The van der Waals surface area contributed by atoms with Crippen molar-refractivity contribution in [3.63, 3.8) is 0 Å². The van der Waals surface area contributed by atoms with Gasteiger partial charge in [-0.2, -0.15) is 0 Å². The minimum atomic E-state index is -1.16. The van der Waals surface area contributed by atoms with Crippen molar-refractivity contribution < 1.29 is 8.81 Å². The van der Waals surface area contributed by atoms with Crippen LogP contribution >= 0.6 is 11.6 Å². The zero-order valence-electron chi connectivity index (χ0n) is 10.8. The SMILES string of the molecule is CC(C)(C)NCC(F)c1cc2cc(Cl)ccc2o1. The number of nitrogens with one attached hydrogen (secondary N) is 1. The minimum Gasteiger partial charge on any atom is -0.458 e. The summed E-state index contributed by atoms with van der Waals surface area (Å²) in [5, 5.41) is 4.57. The molecule has 2 nitrogen and oxygen atoms in total. The molecule has 1 aromatic heterocycles. The maximum atomic E-state index is 14.0. The van der Waals surface area contributed by atoms with Crippen LogP contribution in [0.4, 0.5) is 4.39 Å². The molecule has 0 radical (unpaired) electrons. The summed E-state index contributed by atoms with van der Waals surface area (Å²) >= 11 is 5.88. The van der Waals surface area contributed by atoms with Crippen molar-refractivity contribution in [3.8, 4) is 0 Å². The lowest BCUT2D eigenvalue weighted by Gasteiger charge is -2.21. The molecule has 98 valence electrons. The van der Waals surface area contributed by atoms with E-state index in [1.807, 2.05) is 20.8 Å². The highest BCUT2D eigenvalue weighted by Crippen LogP contribution is 2.28. The van der Waals surface area contributed by atoms with Gasteiger partial charge in [-0.15, -0.1) is 0 Å². The van der Waals surface area contributed by atoms with Crippen molar-refractivity contribution >= 4 is 22.6 Å². The summed E-state index contributed by atoms with van der Waals surface area (Å²) in [4.78, 5) is 0. The molecule has 1 atom stereocenters. The van der Waals surface area contributed by atoms with E-state index in [1.54, 1.807) is 24.3 Å². The van der Waals surface area contributed by atoms with Crippen molar-refractivity contribution in [2.75, 3.05) is 6.54 Å². The molecular formula is C14H17ClFNO. The summed E-state index contributed by atoms with van der Waals surface area (Å²) < 4.78 is 19.5. The number of hydrogen-bond acceptors (Lipinski definition) is 2. The van der Waals surface area contributed by atoms with Gasteiger partial charge in [-0.1, -0.05) is 11.6 Å². The van der Waals surface area contributed by atoms with E-state index in [0.29, 0.717) is 16.4 Å². The molecule has 18 heavy (non-hydrogen) atoms. The van der Waals surface area contributed by atoms with Gasteiger partial charge in [-0.3, -0.25) is 0 Å². The third-order valence-electron chi connectivity index (χ3n) is 2.62. The summed E-state index contributed by atoms with van der Waals surface area (Å²) in [6.45, 7) is 6.23. The molecule has 0 aliphatic heterocycles. The second-order valence-corrected chi connectivity index (χ2v) is 5.87. The molecule has 0 amide bonds. The van der Waals surface area contributed by atoms with Crippen LogP contribution in [0.1, 0.15) is 32.7 Å². The average molecular weight is 270 g/mol. The molecule has 0 saturated heterocycles. The lowest BCUT2D eigenvalue weighted by atomic mass is 10.1. The van der Waals surface area contributed by atoms with Crippen molar-refractivity contribution in [3.05, 3.63) is 35.0 Å². The van der Waals surface area contributed by atoms with E-state index in [2.05, 4.69) is 5.32 Å². The maximum absolute atomic E-state index is 14.0. The predicted molar refractivity (Wildman–Crippen MR) is 72.8 cm³/mol. The van der Waals surface area contributed by atoms with Gasteiger partial charge in [0.05, 0.1) is 0 Å². The van der Waals surface area contributed by atoms with E-state index in [0.717, 1.165) is 5.39 Å². The molecule has 0 aliphatic carbocycles. The average Bonchev–Trinajstić information content (AvgIpc) is 2.67. The molecule has 0 saturated carbocycles. The lowest BCUT2D eigenvalue weighted by Crippen LogP contribution is -2.37. The van der Waals surface area contributed by atoms with Gasteiger partial charge in [0, 0.05) is 22.5 Å². The molecule has 1 aromatic carbocycles. The van der Waals surface area contributed by atoms with Crippen LogP contribution in [0.25, 0.3) is 11.0 Å². The Balaban J connectivity index is 2.15. The number of fused-ring (bicyclic) bond motifs is 1. The van der Waals surface area contributed by atoms with E-state index in [4.69, 9.17) is 16.0 Å². The summed E-state index contributed by atoms with van der Waals surface area (Å²) in [6, 6.07) is 6.97. The number of rotatable bonds is 3. The van der Waals surface area contributed by atoms with Gasteiger partial charge >= 0.3 is 0 Å². The van der Waals surface area contributed by atoms with Crippen LogP contribution in [0.15, 0.2) is 28.7 Å². The van der Waals surface area contributed by atoms with Gasteiger partial charge in [-0.05, 0) is 45.0 Å². The van der Waals surface area contributed by atoms with Gasteiger partial charge in [0.15, 0.2) is 6.17 Å². The first-order valence-corrected chi connectivity index (χ1v) is 6.31. The molecule has 1 N–H and O–H groups in total. The molecule has 0 spiro atoms. The molecular weight excluding hydrogens is 253 g/mol. The molecule has 0 aliphatic rings. The smallest absolute Gasteiger partial charge is 0.170 e. The fourth-order valence-corrected chi connectivity index (χ4v) is 1.87. The van der Waals surface area contributed by atoms with E-state index in [-0.39, 0.29) is 12.1 Å². The van der Waals surface area contributed by atoms with Crippen LogP contribution < -0.4 is 5.32 Å². The lowest BCUT2D eigenvalue weighted by molar-refractivity contribution is 0.258. The van der Waals surface area contributed by atoms with E-state index in [1.165, 1.54) is 0 Å². The Kier molecular flexibility index (Phi) is 3.64. The number of furan rings is 1. The maximum Gasteiger partial charge on any atom is 0.170 e. The second kappa shape index (κ2) is 4.90. The van der Waals surface area contributed by atoms with Crippen LogP contribution in [0.3, 0.4) is 0 Å². The van der Waals surface area contributed by atoms with Gasteiger partial charge in [0.2, 0.25) is 0 Å². The Morgan fingerprint density at radius 3 is 2.72 bits per heavy atom. The molecule has 1 heterocycles. The monoisotopic (exact) mass is 269 g/mol. The molecule has 0 bridgehead atoms. The van der Waals surface area contributed by atoms with Gasteiger partial charge < -0.3 is 9.73 Å². The summed E-state index contributed by atoms with van der Waals surface area (Å²) in [7, 11) is 0. The normalized spacial score (nSPS) is 14.1. The van der Waals surface area contributed by atoms with Gasteiger partial charge in [0.25, 0.3) is 0 Å². The number of hydrogen-bond donors (Lipinski definition) is 1. The van der Waals surface area contributed by atoms with Crippen LogP contribution in [0.5, 0.6) is 0 Å². The van der Waals surface area contributed by atoms with Crippen molar-refractivity contribution in [2.24, 2.45) is 0 Å². The van der Waals surface area contributed by atoms with E-state index >= 15 is 0 Å². The molecule has 2 rings (SSSR count). The third-order valence-corrected chi connectivity index (χ3v) is 2.85. The van der Waals surface area contributed by atoms with Crippen LogP contribution in [-0.2, 0) is 0 Å². The zero-order valence-corrected chi connectivity index (χ0v) is 11.5. The first-order chi connectivity index (χ1) is 8.35. The van der Waals surface area contributed by atoms with Crippen molar-refractivity contribution in [2.45, 2.75) is 32.5 Å². The first kappa shape index (κ1) is 13.4. The van der Waals surface area contributed by atoms with Crippen molar-refractivity contribution in [1.82, 2.24) is 5.32 Å². The Bertz CT molecular complexity index is 544. The quantitative estimate of drug-likeness (QED) is 0.888. The number of benzene rings is 1. The van der Waals surface area contributed by atoms with Gasteiger partial charge in [0.1, 0.15) is 11.3 Å². The highest BCUT2D eigenvalue weighted by molar-refractivity contribution is 6.31. The molecule has 0 fully saturated rings. The van der Waals surface area contributed by atoms with Crippen molar-refractivity contribution in [1.29, 1.82) is 0 Å². The molecule has 2 aromatic rings.